The van der Waals surface area contributed by atoms with Gasteiger partial charge >= 0.3 is 0 Å². The van der Waals surface area contributed by atoms with Gasteiger partial charge in [-0.2, -0.15) is 0 Å². The first-order valence-corrected chi connectivity index (χ1v) is 11.1. The third-order valence-corrected chi connectivity index (χ3v) is 6.74. The average molecular weight is 446 g/mol. The minimum Gasteiger partial charge on any atom is -0.482 e. The zero-order valence-electron chi connectivity index (χ0n) is 14.8. The summed E-state index contributed by atoms with van der Waals surface area (Å²) in [6, 6.07) is 10.0. The van der Waals surface area contributed by atoms with E-state index in [9.17, 15) is 17.6 Å². The summed E-state index contributed by atoms with van der Waals surface area (Å²) in [5.74, 6) is -0.626. The van der Waals surface area contributed by atoms with Crippen molar-refractivity contribution < 1.29 is 22.3 Å². The quantitative estimate of drug-likeness (QED) is 0.679. The molecule has 150 valence electrons. The molecule has 28 heavy (non-hydrogen) atoms. The molecule has 1 unspecified atom stereocenters. The summed E-state index contributed by atoms with van der Waals surface area (Å²) in [6.07, 6.45) is 0.338. The van der Waals surface area contributed by atoms with Gasteiger partial charge in [-0.1, -0.05) is 35.3 Å². The van der Waals surface area contributed by atoms with E-state index >= 15 is 0 Å². The molecule has 3 rings (SSSR count). The molecule has 5 nitrogen and oxygen atoms in total. The molecule has 2 aromatic carbocycles. The lowest BCUT2D eigenvalue weighted by atomic mass is 10.1. The minimum absolute atomic E-state index is 0.0223. The second-order valence-electron chi connectivity index (χ2n) is 6.57. The predicted octanol–water partition coefficient (Wildman–Crippen LogP) is 3.73. The van der Waals surface area contributed by atoms with Crippen molar-refractivity contribution in [1.82, 2.24) is 4.90 Å². The zero-order valence-corrected chi connectivity index (χ0v) is 17.1. The standard InChI is InChI=1S/C19H18Cl2FNO4S/c20-14-4-5-18(17(21)9-14)27-11-19(24)23(16-6-7-28(25,26)12-16)10-13-2-1-3-15(22)8-13/h1-5,8-9,16H,6-7,10-12H2. The molecule has 9 heteroatoms. The van der Waals surface area contributed by atoms with E-state index in [1.807, 2.05) is 0 Å². The van der Waals surface area contributed by atoms with Crippen LogP contribution in [0.1, 0.15) is 12.0 Å². The van der Waals surface area contributed by atoms with Gasteiger partial charge in [0.2, 0.25) is 0 Å². The van der Waals surface area contributed by atoms with Crippen LogP contribution in [0.4, 0.5) is 4.39 Å². The lowest BCUT2D eigenvalue weighted by Gasteiger charge is -2.28. The minimum atomic E-state index is -3.20. The maximum absolute atomic E-state index is 13.5. The number of carbonyl (C=O) groups is 1. The highest BCUT2D eigenvalue weighted by Gasteiger charge is 2.34. The summed E-state index contributed by atoms with van der Waals surface area (Å²) in [4.78, 5) is 14.3. The van der Waals surface area contributed by atoms with E-state index < -0.39 is 27.6 Å². The maximum atomic E-state index is 13.5. The molecular weight excluding hydrogens is 428 g/mol. The molecule has 1 saturated heterocycles. The van der Waals surface area contributed by atoms with E-state index in [-0.39, 0.29) is 29.7 Å². The molecule has 0 spiro atoms. The molecule has 1 aliphatic rings. The molecule has 0 N–H and O–H groups in total. The Morgan fingerprint density at radius 2 is 2.00 bits per heavy atom. The molecule has 1 fully saturated rings. The van der Waals surface area contributed by atoms with Gasteiger partial charge in [0.05, 0.1) is 16.5 Å². The van der Waals surface area contributed by atoms with Gasteiger partial charge in [-0.25, -0.2) is 12.8 Å². The first-order valence-electron chi connectivity index (χ1n) is 8.56. The zero-order chi connectivity index (χ0) is 20.3. The van der Waals surface area contributed by atoms with Gasteiger partial charge < -0.3 is 9.64 Å². The highest BCUT2D eigenvalue weighted by molar-refractivity contribution is 7.91. The van der Waals surface area contributed by atoms with Gasteiger partial charge in [0.1, 0.15) is 11.6 Å². The van der Waals surface area contributed by atoms with Crippen LogP contribution in [0.5, 0.6) is 5.75 Å². The molecule has 1 heterocycles. The van der Waals surface area contributed by atoms with Crippen molar-refractivity contribution in [3.05, 3.63) is 63.9 Å². The Morgan fingerprint density at radius 3 is 2.64 bits per heavy atom. The summed E-state index contributed by atoms with van der Waals surface area (Å²) in [5.41, 5.74) is 0.571. The molecule has 1 aliphatic heterocycles. The smallest absolute Gasteiger partial charge is 0.261 e. The topological polar surface area (TPSA) is 63.7 Å². The summed E-state index contributed by atoms with van der Waals surface area (Å²) in [7, 11) is -3.20. The number of ether oxygens (including phenoxy) is 1. The van der Waals surface area contributed by atoms with Crippen molar-refractivity contribution in [3.63, 3.8) is 0 Å². The Bertz CT molecular complexity index is 984. The number of benzene rings is 2. The molecule has 2 aromatic rings. The Morgan fingerprint density at radius 1 is 1.21 bits per heavy atom. The van der Waals surface area contributed by atoms with Gasteiger partial charge in [0, 0.05) is 17.6 Å². The third-order valence-electron chi connectivity index (χ3n) is 4.46. The van der Waals surface area contributed by atoms with Crippen LogP contribution in [0, 0.1) is 5.82 Å². The van der Waals surface area contributed by atoms with Crippen molar-refractivity contribution in [3.8, 4) is 5.75 Å². The SMILES string of the molecule is O=C(COc1ccc(Cl)cc1Cl)N(Cc1cccc(F)c1)C1CCS(=O)(=O)C1. The van der Waals surface area contributed by atoms with E-state index in [0.29, 0.717) is 22.8 Å². The molecule has 0 saturated carbocycles. The maximum Gasteiger partial charge on any atom is 0.261 e. The van der Waals surface area contributed by atoms with Crippen molar-refractivity contribution >= 4 is 38.9 Å². The molecule has 0 radical (unpaired) electrons. The number of carbonyl (C=O) groups excluding carboxylic acids is 1. The molecule has 0 bridgehead atoms. The van der Waals surface area contributed by atoms with Crippen LogP contribution in [0.3, 0.4) is 0 Å². The predicted molar refractivity (Wildman–Crippen MR) is 106 cm³/mol. The number of halogens is 3. The van der Waals surface area contributed by atoms with E-state index in [2.05, 4.69) is 0 Å². The summed E-state index contributed by atoms with van der Waals surface area (Å²) >= 11 is 11.9. The number of amides is 1. The van der Waals surface area contributed by atoms with Crippen LogP contribution in [0.15, 0.2) is 42.5 Å². The highest BCUT2D eigenvalue weighted by atomic mass is 35.5. The van der Waals surface area contributed by atoms with Crippen molar-refractivity contribution in [1.29, 1.82) is 0 Å². The first-order chi connectivity index (χ1) is 13.2. The van der Waals surface area contributed by atoms with Crippen molar-refractivity contribution in [2.75, 3.05) is 18.1 Å². The normalized spacial score (nSPS) is 18.0. The van der Waals surface area contributed by atoms with E-state index in [1.165, 1.54) is 23.1 Å². The molecule has 1 atom stereocenters. The molecule has 0 aromatic heterocycles. The Balaban J connectivity index is 1.76. The average Bonchev–Trinajstić information content (AvgIpc) is 2.98. The first kappa shape index (κ1) is 20.9. The number of rotatable bonds is 6. The fourth-order valence-corrected chi connectivity index (χ4v) is 5.28. The lowest BCUT2D eigenvalue weighted by molar-refractivity contribution is -0.136. The monoisotopic (exact) mass is 445 g/mol. The third kappa shape index (κ3) is 5.37. The highest BCUT2D eigenvalue weighted by Crippen LogP contribution is 2.28. The van der Waals surface area contributed by atoms with Crippen LogP contribution in [0.2, 0.25) is 10.0 Å². The van der Waals surface area contributed by atoms with Gasteiger partial charge in [-0.3, -0.25) is 4.79 Å². The number of hydrogen-bond donors (Lipinski definition) is 0. The van der Waals surface area contributed by atoms with Crippen LogP contribution >= 0.6 is 23.2 Å². The van der Waals surface area contributed by atoms with Crippen LogP contribution < -0.4 is 4.74 Å². The van der Waals surface area contributed by atoms with E-state index in [4.69, 9.17) is 27.9 Å². The summed E-state index contributed by atoms with van der Waals surface area (Å²) in [6.45, 7) is -0.234. The number of sulfone groups is 1. The molecule has 0 aliphatic carbocycles. The van der Waals surface area contributed by atoms with Crippen LogP contribution in [-0.2, 0) is 21.2 Å². The molecule has 1 amide bonds. The Hall–Kier alpha value is -1.83. The largest absolute Gasteiger partial charge is 0.482 e. The fourth-order valence-electron chi connectivity index (χ4n) is 3.09. The Kier molecular flexibility index (Phi) is 6.47. The van der Waals surface area contributed by atoms with Crippen molar-refractivity contribution in [2.45, 2.75) is 19.0 Å². The van der Waals surface area contributed by atoms with E-state index in [1.54, 1.807) is 24.3 Å². The molecular formula is C19H18Cl2FNO4S. The summed E-state index contributed by atoms with van der Waals surface area (Å²) in [5, 5.41) is 0.702. The van der Waals surface area contributed by atoms with Gasteiger partial charge in [-0.15, -0.1) is 0 Å². The van der Waals surface area contributed by atoms with Gasteiger partial charge in [-0.05, 0) is 42.3 Å². The van der Waals surface area contributed by atoms with Crippen molar-refractivity contribution in [2.24, 2.45) is 0 Å². The van der Waals surface area contributed by atoms with Crippen LogP contribution in [0.25, 0.3) is 0 Å². The second-order valence-corrected chi connectivity index (χ2v) is 9.64. The fraction of sp³-hybridized carbons (Fsp3) is 0.316. The van der Waals surface area contributed by atoms with Gasteiger partial charge in [0.15, 0.2) is 16.4 Å². The number of hydrogen-bond acceptors (Lipinski definition) is 4. The van der Waals surface area contributed by atoms with Crippen LogP contribution in [-0.4, -0.2) is 43.4 Å². The van der Waals surface area contributed by atoms with Gasteiger partial charge in [0.25, 0.3) is 5.91 Å². The Labute approximate surface area is 172 Å². The second kappa shape index (κ2) is 8.68. The lowest BCUT2D eigenvalue weighted by Crippen LogP contribution is -2.43. The number of nitrogens with zero attached hydrogens (tertiary/aromatic N) is 1. The summed E-state index contributed by atoms with van der Waals surface area (Å²) < 4.78 is 42.8. The van der Waals surface area contributed by atoms with E-state index in [0.717, 1.165) is 0 Å².